The molecule has 4 rings (SSSR count). The molecule has 0 radical (unpaired) electrons. The van der Waals surface area contributed by atoms with Crippen LogP contribution in [0.2, 0.25) is 15.1 Å². The molecule has 0 aromatic heterocycles. The highest BCUT2D eigenvalue weighted by atomic mass is 35.5. The molecule has 1 aliphatic heterocycles. The van der Waals surface area contributed by atoms with Crippen molar-refractivity contribution in [1.29, 1.82) is 0 Å². The quantitative estimate of drug-likeness (QED) is 0.240. The van der Waals surface area contributed by atoms with Crippen molar-refractivity contribution in [3.8, 4) is 0 Å². The Kier molecular flexibility index (Phi) is 9.65. The predicted molar refractivity (Wildman–Crippen MR) is 143 cm³/mol. The number of esters is 4. The SMILES string of the molecule is CC(=O)O[C@@H]1O[C@H](COC(=O)c2ccc(Cl)cc2)C(OC(=O)c2ccc(Cl)cc2)C1OC(=O)c1ccc(Cl)cc1. The molecule has 0 saturated carbocycles. The molecule has 40 heavy (non-hydrogen) atoms. The lowest BCUT2D eigenvalue weighted by Crippen LogP contribution is -2.42. The largest absolute Gasteiger partial charge is 0.459 e. The van der Waals surface area contributed by atoms with E-state index in [-0.39, 0.29) is 16.7 Å². The van der Waals surface area contributed by atoms with Gasteiger partial charge in [-0.2, -0.15) is 0 Å². The molecule has 1 heterocycles. The Morgan fingerprint density at radius 2 is 1.02 bits per heavy atom. The summed E-state index contributed by atoms with van der Waals surface area (Å²) in [5.74, 6) is -3.10. The van der Waals surface area contributed by atoms with Crippen molar-refractivity contribution in [1.82, 2.24) is 0 Å². The Labute approximate surface area is 243 Å². The predicted octanol–water partition coefficient (Wildman–Crippen LogP) is 5.54. The van der Waals surface area contributed by atoms with Crippen LogP contribution in [0.1, 0.15) is 38.0 Å². The van der Waals surface area contributed by atoms with Crippen LogP contribution in [-0.4, -0.2) is 55.1 Å². The summed E-state index contributed by atoms with van der Waals surface area (Å²) >= 11 is 17.7. The van der Waals surface area contributed by atoms with Crippen molar-refractivity contribution >= 4 is 58.7 Å². The molecule has 2 unspecified atom stereocenters. The van der Waals surface area contributed by atoms with Gasteiger partial charge in [0.1, 0.15) is 12.7 Å². The second-order valence-corrected chi connectivity index (χ2v) is 9.82. The van der Waals surface area contributed by atoms with E-state index in [9.17, 15) is 19.2 Å². The van der Waals surface area contributed by atoms with Crippen LogP contribution in [0.15, 0.2) is 72.8 Å². The van der Waals surface area contributed by atoms with Gasteiger partial charge < -0.3 is 23.7 Å². The highest BCUT2D eigenvalue weighted by Crippen LogP contribution is 2.30. The Balaban J connectivity index is 1.59. The number of halogens is 3. The van der Waals surface area contributed by atoms with Crippen molar-refractivity contribution in [3.63, 3.8) is 0 Å². The Morgan fingerprint density at radius 1 is 0.625 bits per heavy atom. The number of carbonyl (C=O) groups is 4. The molecule has 1 aliphatic rings. The van der Waals surface area contributed by atoms with Gasteiger partial charge in [-0.05, 0) is 72.8 Å². The summed E-state index contributed by atoms with van der Waals surface area (Å²) < 4.78 is 27.7. The zero-order valence-corrected chi connectivity index (χ0v) is 23.0. The first-order chi connectivity index (χ1) is 19.1. The molecule has 3 aromatic carbocycles. The lowest BCUT2D eigenvalue weighted by atomic mass is 10.1. The topological polar surface area (TPSA) is 114 Å². The van der Waals surface area contributed by atoms with Crippen molar-refractivity contribution in [3.05, 3.63) is 105 Å². The van der Waals surface area contributed by atoms with Crippen LogP contribution in [0.4, 0.5) is 0 Å². The molecule has 1 fully saturated rings. The maximum Gasteiger partial charge on any atom is 0.338 e. The summed E-state index contributed by atoms with van der Waals surface area (Å²) in [6.07, 6.45) is -5.42. The molecule has 3 aromatic rings. The van der Waals surface area contributed by atoms with Gasteiger partial charge in [-0.15, -0.1) is 0 Å². The molecule has 0 spiro atoms. The fourth-order valence-corrected chi connectivity index (χ4v) is 4.11. The maximum absolute atomic E-state index is 13.0. The molecule has 4 atom stereocenters. The van der Waals surface area contributed by atoms with Gasteiger partial charge in [-0.3, -0.25) is 4.79 Å². The maximum atomic E-state index is 13.0. The van der Waals surface area contributed by atoms with Crippen LogP contribution in [-0.2, 0) is 28.5 Å². The molecule has 208 valence electrons. The highest BCUT2D eigenvalue weighted by Gasteiger charge is 2.52. The summed E-state index contributed by atoms with van der Waals surface area (Å²) in [5, 5.41) is 1.23. The van der Waals surface area contributed by atoms with Crippen molar-refractivity contribution < 1.29 is 42.9 Å². The molecule has 0 bridgehead atoms. The van der Waals surface area contributed by atoms with Gasteiger partial charge in [0.05, 0.1) is 16.7 Å². The van der Waals surface area contributed by atoms with Crippen LogP contribution in [0.5, 0.6) is 0 Å². The van der Waals surface area contributed by atoms with E-state index in [1.165, 1.54) is 72.8 Å². The van der Waals surface area contributed by atoms with Crippen LogP contribution in [0.3, 0.4) is 0 Å². The second-order valence-electron chi connectivity index (χ2n) is 8.51. The highest BCUT2D eigenvalue weighted by molar-refractivity contribution is 6.31. The smallest absolute Gasteiger partial charge is 0.338 e. The first kappa shape index (κ1) is 29.4. The lowest BCUT2D eigenvalue weighted by Gasteiger charge is -2.24. The minimum absolute atomic E-state index is 0.131. The summed E-state index contributed by atoms with van der Waals surface area (Å²) in [7, 11) is 0. The van der Waals surface area contributed by atoms with E-state index in [4.69, 9.17) is 58.5 Å². The average Bonchev–Trinajstić information content (AvgIpc) is 3.22. The second kappa shape index (κ2) is 13.1. The molecule has 0 aliphatic carbocycles. The zero-order chi connectivity index (χ0) is 28.8. The van der Waals surface area contributed by atoms with Crippen molar-refractivity contribution in [2.45, 2.75) is 31.5 Å². The Morgan fingerprint density at radius 3 is 1.45 bits per heavy atom. The Hall–Kier alpha value is -3.63. The third-order valence-corrected chi connectivity index (χ3v) is 6.41. The first-order valence-corrected chi connectivity index (χ1v) is 12.9. The number of ether oxygens (including phenoxy) is 5. The van der Waals surface area contributed by atoms with Crippen molar-refractivity contribution in [2.75, 3.05) is 6.61 Å². The van der Waals surface area contributed by atoms with Gasteiger partial charge >= 0.3 is 23.9 Å². The van der Waals surface area contributed by atoms with E-state index < -0.39 is 55.1 Å². The van der Waals surface area contributed by atoms with E-state index in [0.717, 1.165) is 6.92 Å². The fraction of sp³-hybridized carbons (Fsp3) is 0.214. The normalized spacial score (nSPS) is 19.9. The van der Waals surface area contributed by atoms with E-state index >= 15 is 0 Å². The number of benzene rings is 3. The molecular formula is C28H21Cl3O9. The van der Waals surface area contributed by atoms with E-state index in [0.29, 0.717) is 15.1 Å². The number of hydrogen-bond acceptors (Lipinski definition) is 9. The van der Waals surface area contributed by atoms with Gasteiger partial charge in [-0.25, -0.2) is 14.4 Å². The van der Waals surface area contributed by atoms with Crippen LogP contribution in [0, 0.1) is 0 Å². The summed E-state index contributed by atoms with van der Waals surface area (Å²) in [4.78, 5) is 50.4. The summed E-state index contributed by atoms with van der Waals surface area (Å²) in [6, 6.07) is 17.7. The van der Waals surface area contributed by atoms with E-state index in [2.05, 4.69) is 0 Å². The number of carbonyl (C=O) groups excluding carboxylic acids is 4. The van der Waals surface area contributed by atoms with Gasteiger partial charge in [0.2, 0.25) is 12.4 Å². The third kappa shape index (κ3) is 7.51. The van der Waals surface area contributed by atoms with Gasteiger partial charge in [0.25, 0.3) is 0 Å². The summed E-state index contributed by atoms with van der Waals surface area (Å²) in [5.41, 5.74) is 0.478. The monoisotopic (exact) mass is 606 g/mol. The van der Waals surface area contributed by atoms with Crippen LogP contribution >= 0.6 is 34.8 Å². The zero-order valence-electron chi connectivity index (χ0n) is 20.8. The minimum atomic E-state index is -1.48. The van der Waals surface area contributed by atoms with Crippen LogP contribution in [0.25, 0.3) is 0 Å². The van der Waals surface area contributed by atoms with Gasteiger partial charge in [0, 0.05) is 22.0 Å². The third-order valence-electron chi connectivity index (χ3n) is 5.65. The Bertz CT molecular complexity index is 1380. The summed E-state index contributed by atoms with van der Waals surface area (Å²) in [6.45, 7) is 0.691. The van der Waals surface area contributed by atoms with Gasteiger partial charge in [-0.1, -0.05) is 34.8 Å². The van der Waals surface area contributed by atoms with Crippen LogP contribution < -0.4 is 0 Å². The average molecular weight is 608 g/mol. The first-order valence-electron chi connectivity index (χ1n) is 11.8. The fourth-order valence-electron chi connectivity index (χ4n) is 3.73. The van der Waals surface area contributed by atoms with Crippen molar-refractivity contribution in [2.24, 2.45) is 0 Å². The molecule has 9 nitrogen and oxygen atoms in total. The molecular weight excluding hydrogens is 587 g/mol. The van der Waals surface area contributed by atoms with E-state index in [1.807, 2.05) is 0 Å². The molecule has 12 heteroatoms. The molecule has 0 amide bonds. The number of rotatable bonds is 8. The lowest BCUT2D eigenvalue weighted by molar-refractivity contribution is -0.187. The van der Waals surface area contributed by atoms with E-state index in [1.54, 1.807) is 0 Å². The molecule has 1 saturated heterocycles. The van der Waals surface area contributed by atoms with Gasteiger partial charge in [0.15, 0.2) is 6.10 Å². The standard InChI is InChI=1S/C28H21Cl3O9/c1-15(32)37-28-24(40-27(35)18-6-12-21(31)13-7-18)23(39-26(34)17-4-10-20(30)11-5-17)22(38-28)14-36-25(33)16-2-8-19(29)9-3-16/h2-13,22-24,28H,14H2,1H3/t22-,23?,24?,28-/m1/s1. The number of hydrogen-bond donors (Lipinski definition) is 0. The minimum Gasteiger partial charge on any atom is -0.459 e. The molecule has 0 N–H and O–H groups in total.